The van der Waals surface area contributed by atoms with E-state index < -0.39 is 6.04 Å². The molecule has 1 aliphatic rings. The number of anilines is 1. The van der Waals surface area contributed by atoms with Crippen molar-refractivity contribution in [3.8, 4) is 0 Å². The van der Waals surface area contributed by atoms with Gasteiger partial charge in [0.05, 0.1) is 18.4 Å². The average Bonchev–Trinajstić information content (AvgIpc) is 3.38. The normalized spacial score (nSPS) is 15.8. The number of carbonyl (C=O) groups is 2. The Hall–Kier alpha value is -3.55. The first-order chi connectivity index (χ1) is 18.1. The predicted molar refractivity (Wildman–Crippen MR) is 152 cm³/mol. The molecule has 3 aromatic rings. The van der Waals surface area contributed by atoms with Crippen LogP contribution in [0.5, 0.6) is 0 Å². The van der Waals surface area contributed by atoms with Gasteiger partial charge < -0.3 is 14.2 Å². The van der Waals surface area contributed by atoms with Crippen LogP contribution in [0.3, 0.4) is 0 Å². The fourth-order valence-corrected chi connectivity index (χ4v) is 5.07. The van der Waals surface area contributed by atoms with Crippen molar-refractivity contribution in [2.24, 2.45) is 0 Å². The summed E-state index contributed by atoms with van der Waals surface area (Å²) in [6, 6.07) is 12.3. The zero-order chi connectivity index (χ0) is 27.7. The zero-order valence-corrected chi connectivity index (χ0v) is 23.7. The molecule has 0 radical (unpaired) electrons. The summed E-state index contributed by atoms with van der Waals surface area (Å²) in [5.41, 5.74) is 3.98. The van der Waals surface area contributed by atoms with Crippen LogP contribution >= 0.6 is 23.2 Å². The number of hydrogen-bond acceptors (Lipinski definition) is 5. The van der Waals surface area contributed by atoms with E-state index in [9.17, 15) is 9.59 Å². The number of rotatable bonds is 8. The number of imidazole rings is 1. The van der Waals surface area contributed by atoms with Gasteiger partial charge >= 0.3 is 0 Å². The number of methoxy groups -OCH3 is 1. The summed E-state index contributed by atoms with van der Waals surface area (Å²) in [6.07, 6.45) is 3.87. The standard InChI is InChI=1S/C29H30Cl2N4O3/c1-17(2)34-27-25(32-28(34)22(13-14-36)24(38-6)16-33(4)5)29(37)35(23-15-21(31)10-7-18(23)3)26(27)19-8-11-20(30)12-9-19/h7-17,26H,1-6H3/b22-13+,24-16+. The fourth-order valence-electron chi connectivity index (χ4n) is 4.77. The summed E-state index contributed by atoms with van der Waals surface area (Å²) in [4.78, 5) is 34.3. The highest BCUT2D eigenvalue weighted by molar-refractivity contribution is 6.31. The minimum absolute atomic E-state index is 0.100. The monoisotopic (exact) mass is 552 g/mol. The lowest BCUT2D eigenvalue weighted by atomic mass is 10.0. The third-order valence-electron chi connectivity index (χ3n) is 6.36. The van der Waals surface area contributed by atoms with Gasteiger partial charge in [0.1, 0.15) is 23.9 Å². The number of halogens is 2. The van der Waals surface area contributed by atoms with Crippen molar-refractivity contribution < 1.29 is 14.3 Å². The number of benzene rings is 2. The Balaban J connectivity index is 2.04. The zero-order valence-electron chi connectivity index (χ0n) is 22.2. The van der Waals surface area contributed by atoms with Crippen molar-refractivity contribution in [1.29, 1.82) is 0 Å². The quantitative estimate of drug-likeness (QED) is 0.139. The van der Waals surface area contributed by atoms with Crippen molar-refractivity contribution in [3.63, 3.8) is 0 Å². The first kappa shape index (κ1) is 27.5. The van der Waals surface area contributed by atoms with Crippen LogP contribution in [0.25, 0.3) is 5.57 Å². The highest BCUT2D eigenvalue weighted by Gasteiger charge is 2.45. The molecular weight excluding hydrogens is 523 g/mol. The predicted octanol–water partition coefficient (Wildman–Crippen LogP) is 6.46. The molecule has 9 heteroatoms. The van der Waals surface area contributed by atoms with E-state index in [4.69, 9.17) is 32.9 Å². The van der Waals surface area contributed by atoms with E-state index in [0.717, 1.165) is 16.8 Å². The van der Waals surface area contributed by atoms with Crippen LogP contribution in [-0.2, 0) is 9.53 Å². The van der Waals surface area contributed by atoms with E-state index in [-0.39, 0.29) is 11.9 Å². The molecule has 0 saturated carbocycles. The number of nitrogens with zero attached hydrogens (tertiary/aromatic N) is 4. The van der Waals surface area contributed by atoms with E-state index in [2.05, 4.69) is 0 Å². The molecule has 0 aliphatic carbocycles. The van der Waals surface area contributed by atoms with Crippen LogP contribution in [-0.4, -0.2) is 47.8 Å². The SMILES string of the molecule is COC(=C/N(C)C)/C(=C\C=O)c1nc2c(n1C(C)C)C(c1ccc(Cl)cc1)N(c1cc(Cl)ccc1C)C2=O. The van der Waals surface area contributed by atoms with Crippen molar-refractivity contribution >= 4 is 46.7 Å². The molecule has 0 N–H and O–H groups in total. The Morgan fingerprint density at radius 3 is 2.34 bits per heavy atom. The lowest BCUT2D eigenvalue weighted by Crippen LogP contribution is -2.31. The average molecular weight is 553 g/mol. The largest absolute Gasteiger partial charge is 0.494 e. The Morgan fingerprint density at radius 2 is 1.76 bits per heavy atom. The van der Waals surface area contributed by atoms with Crippen LogP contribution in [0.4, 0.5) is 5.69 Å². The summed E-state index contributed by atoms with van der Waals surface area (Å²) < 4.78 is 7.66. The lowest BCUT2D eigenvalue weighted by molar-refractivity contribution is -0.104. The van der Waals surface area contributed by atoms with Crippen LogP contribution in [0.1, 0.15) is 59.1 Å². The van der Waals surface area contributed by atoms with Gasteiger partial charge in [0.25, 0.3) is 5.91 Å². The van der Waals surface area contributed by atoms with Gasteiger partial charge in [-0.3, -0.25) is 14.5 Å². The molecule has 1 amide bonds. The Kier molecular flexibility index (Phi) is 7.99. The maximum atomic E-state index is 14.1. The summed E-state index contributed by atoms with van der Waals surface area (Å²) in [5, 5.41) is 1.12. The van der Waals surface area contributed by atoms with Gasteiger partial charge in [-0.05, 0) is 62.2 Å². The van der Waals surface area contributed by atoms with E-state index in [1.807, 2.05) is 62.5 Å². The number of fused-ring (bicyclic) bond motifs is 1. The maximum absolute atomic E-state index is 14.1. The molecule has 1 unspecified atom stereocenters. The molecule has 1 aromatic heterocycles. The van der Waals surface area contributed by atoms with Gasteiger partial charge in [-0.2, -0.15) is 0 Å². The minimum atomic E-state index is -0.503. The van der Waals surface area contributed by atoms with Crippen LogP contribution < -0.4 is 4.90 Å². The van der Waals surface area contributed by atoms with Crippen LogP contribution in [0, 0.1) is 6.92 Å². The van der Waals surface area contributed by atoms with E-state index in [1.165, 1.54) is 13.2 Å². The van der Waals surface area contributed by atoms with Crippen LogP contribution in [0.15, 0.2) is 60.5 Å². The second-order valence-corrected chi connectivity index (χ2v) is 10.4. The maximum Gasteiger partial charge on any atom is 0.279 e. The number of carbonyl (C=O) groups excluding carboxylic acids is 2. The van der Waals surface area contributed by atoms with Gasteiger partial charge in [-0.15, -0.1) is 0 Å². The second kappa shape index (κ2) is 11.1. The van der Waals surface area contributed by atoms with Crippen LogP contribution in [0.2, 0.25) is 10.0 Å². The number of ether oxygens (including phenoxy) is 1. The number of allylic oxidation sites excluding steroid dienone is 2. The number of aldehydes is 1. The summed E-state index contributed by atoms with van der Waals surface area (Å²) >= 11 is 12.6. The molecule has 198 valence electrons. The number of hydrogen-bond donors (Lipinski definition) is 0. The van der Waals surface area contributed by atoms with Gasteiger partial charge in [0.2, 0.25) is 0 Å². The lowest BCUT2D eigenvalue weighted by Gasteiger charge is -2.30. The highest BCUT2D eigenvalue weighted by atomic mass is 35.5. The first-order valence-electron chi connectivity index (χ1n) is 12.1. The summed E-state index contributed by atoms with van der Waals surface area (Å²) in [6.45, 7) is 5.98. The molecule has 2 aromatic carbocycles. The van der Waals surface area contributed by atoms with Gasteiger partial charge in [0.15, 0.2) is 5.69 Å². The molecule has 1 atom stereocenters. The summed E-state index contributed by atoms with van der Waals surface area (Å²) in [5.74, 6) is 0.666. The third-order valence-corrected chi connectivity index (χ3v) is 6.84. The van der Waals surface area contributed by atoms with Crippen molar-refractivity contribution in [3.05, 3.63) is 98.9 Å². The Morgan fingerprint density at radius 1 is 1.11 bits per heavy atom. The number of aromatic nitrogens is 2. The molecule has 38 heavy (non-hydrogen) atoms. The fraction of sp³-hybridized carbons (Fsp3) is 0.276. The Bertz CT molecular complexity index is 1440. The van der Waals surface area contributed by atoms with E-state index in [0.29, 0.717) is 44.9 Å². The molecule has 7 nitrogen and oxygen atoms in total. The molecule has 0 fully saturated rings. The summed E-state index contributed by atoms with van der Waals surface area (Å²) in [7, 11) is 5.26. The van der Waals surface area contributed by atoms with Gasteiger partial charge in [-0.1, -0.05) is 41.4 Å². The first-order valence-corrected chi connectivity index (χ1v) is 12.9. The Labute approximate surface area is 232 Å². The van der Waals surface area contributed by atoms with Crippen molar-refractivity contribution in [2.75, 3.05) is 26.1 Å². The van der Waals surface area contributed by atoms with Gasteiger partial charge in [0, 0.05) is 42.1 Å². The van der Waals surface area contributed by atoms with Crippen molar-refractivity contribution in [1.82, 2.24) is 14.5 Å². The second-order valence-electron chi connectivity index (χ2n) is 9.57. The molecule has 0 bridgehead atoms. The van der Waals surface area contributed by atoms with Crippen molar-refractivity contribution in [2.45, 2.75) is 32.9 Å². The number of amides is 1. The molecule has 2 heterocycles. The molecule has 0 saturated heterocycles. The molecule has 4 rings (SSSR count). The van der Waals surface area contributed by atoms with E-state index >= 15 is 0 Å². The number of aryl methyl sites for hydroxylation is 1. The topological polar surface area (TPSA) is 67.7 Å². The molecule has 1 aliphatic heterocycles. The molecule has 0 spiro atoms. The smallest absolute Gasteiger partial charge is 0.279 e. The van der Waals surface area contributed by atoms with E-state index in [1.54, 1.807) is 35.4 Å². The minimum Gasteiger partial charge on any atom is -0.494 e. The molecular formula is C29H30Cl2N4O3. The third kappa shape index (κ3) is 4.96. The van der Waals surface area contributed by atoms with Gasteiger partial charge in [-0.25, -0.2) is 4.98 Å². The highest BCUT2D eigenvalue weighted by Crippen LogP contribution is 2.45.